The van der Waals surface area contributed by atoms with E-state index in [4.69, 9.17) is 28.5 Å². The van der Waals surface area contributed by atoms with Crippen LogP contribution in [0.15, 0.2) is 30.3 Å². The molecule has 1 aliphatic carbocycles. The van der Waals surface area contributed by atoms with Gasteiger partial charge in [-0.15, -0.1) is 0 Å². The lowest BCUT2D eigenvalue weighted by atomic mass is 9.94. The van der Waals surface area contributed by atoms with Gasteiger partial charge in [0.15, 0.2) is 0 Å². The van der Waals surface area contributed by atoms with E-state index in [0.29, 0.717) is 10.0 Å². The average Bonchev–Trinajstić information content (AvgIpc) is 2.64. The number of halogens is 3. The number of hydrogen-bond acceptors (Lipinski definition) is 1. The molecule has 0 fully saturated rings. The summed E-state index contributed by atoms with van der Waals surface area (Å²) in [5, 5.41) is 10.0. The summed E-state index contributed by atoms with van der Waals surface area (Å²) >= 11 is 12.3. The van der Waals surface area contributed by atoms with Crippen LogP contribution < -0.4 is 0 Å². The van der Waals surface area contributed by atoms with Gasteiger partial charge in [0.1, 0.15) is 5.82 Å². The summed E-state index contributed by atoms with van der Waals surface area (Å²) < 4.78 is 13.4. The number of nitrogens with zero attached hydrogens (tertiary/aromatic N) is 1. The van der Waals surface area contributed by atoms with Crippen LogP contribution >= 0.6 is 23.2 Å². The van der Waals surface area contributed by atoms with Gasteiger partial charge in [-0.1, -0.05) is 29.3 Å². The van der Waals surface area contributed by atoms with Gasteiger partial charge in [-0.05, 0) is 46.5 Å². The number of hydrogen-bond donors (Lipinski definition) is 0. The maximum Gasteiger partial charge on any atom is 0.123 e. The van der Waals surface area contributed by atoms with Crippen LogP contribution in [-0.4, -0.2) is 0 Å². The second-order valence-corrected chi connectivity index (χ2v) is 5.34. The Morgan fingerprint density at radius 1 is 1.16 bits per heavy atom. The Hall–Kier alpha value is -1.56. The van der Waals surface area contributed by atoms with Gasteiger partial charge in [-0.25, -0.2) is 4.39 Å². The van der Waals surface area contributed by atoms with Crippen molar-refractivity contribution >= 4 is 23.2 Å². The van der Waals surface area contributed by atoms with E-state index < -0.39 is 0 Å². The van der Waals surface area contributed by atoms with Gasteiger partial charge in [-0.2, -0.15) is 5.26 Å². The van der Waals surface area contributed by atoms with Gasteiger partial charge in [0, 0.05) is 22.4 Å². The Balaban J connectivity index is 2.32. The molecule has 0 aliphatic heterocycles. The molecule has 0 amide bonds. The van der Waals surface area contributed by atoms with Crippen molar-refractivity contribution in [3.8, 4) is 17.2 Å². The van der Waals surface area contributed by atoms with E-state index in [9.17, 15) is 4.39 Å². The molecule has 0 heterocycles. The lowest BCUT2D eigenvalue weighted by Crippen LogP contribution is -1.96. The second kappa shape index (κ2) is 4.52. The highest BCUT2D eigenvalue weighted by Gasteiger charge is 2.31. The molecule has 4 heteroatoms. The third-order valence-electron chi connectivity index (χ3n) is 3.42. The monoisotopic (exact) mass is 291 g/mol. The van der Waals surface area contributed by atoms with Crippen LogP contribution in [0.2, 0.25) is 10.0 Å². The maximum absolute atomic E-state index is 13.4. The van der Waals surface area contributed by atoms with Gasteiger partial charge < -0.3 is 0 Å². The average molecular weight is 292 g/mol. The van der Waals surface area contributed by atoms with Crippen molar-refractivity contribution in [2.45, 2.75) is 12.3 Å². The van der Waals surface area contributed by atoms with Gasteiger partial charge in [0.05, 0.1) is 6.07 Å². The molecule has 1 aliphatic rings. The van der Waals surface area contributed by atoms with Crippen LogP contribution in [-0.2, 0) is 0 Å². The zero-order valence-corrected chi connectivity index (χ0v) is 11.3. The van der Waals surface area contributed by atoms with Crippen molar-refractivity contribution in [2.24, 2.45) is 0 Å². The van der Waals surface area contributed by atoms with E-state index in [1.54, 1.807) is 12.1 Å². The molecule has 0 N–H and O–H groups in total. The Labute approximate surface area is 120 Å². The Morgan fingerprint density at radius 2 is 1.95 bits per heavy atom. The summed E-state index contributed by atoms with van der Waals surface area (Å²) in [6.45, 7) is 0. The molecular weight excluding hydrogens is 284 g/mol. The van der Waals surface area contributed by atoms with Gasteiger partial charge >= 0.3 is 0 Å². The van der Waals surface area contributed by atoms with E-state index >= 15 is 0 Å². The van der Waals surface area contributed by atoms with Gasteiger partial charge in [0.2, 0.25) is 0 Å². The zero-order chi connectivity index (χ0) is 13.6. The Morgan fingerprint density at radius 3 is 2.68 bits per heavy atom. The van der Waals surface area contributed by atoms with Crippen LogP contribution in [0.4, 0.5) is 4.39 Å². The van der Waals surface area contributed by atoms with Crippen LogP contribution in [0.25, 0.3) is 11.1 Å². The summed E-state index contributed by atoms with van der Waals surface area (Å²) in [6, 6.07) is 10.2. The number of rotatable bonds is 1. The van der Waals surface area contributed by atoms with Crippen LogP contribution in [0, 0.1) is 17.1 Å². The van der Waals surface area contributed by atoms with E-state index in [2.05, 4.69) is 6.07 Å². The normalized spacial score (nSPS) is 15.8. The maximum atomic E-state index is 13.4. The number of fused-ring (bicyclic) bond motifs is 3. The van der Waals surface area contributed by atoms with Crippen LogP contribution in [0.5, 0.6) is 0 Å². The van der Waals surface area contributed by atoms with Crippen molar-refractivity contribution in [3.05, 3.63) is 57.3 Å². The first-order chi connectivity index (χ1) is 9.11. The first kappa shape index (κ1) is 12.5. The highest BCUT2D eigenvalue weighted by Crippen LogP contribution is 2.50. The fourth-order valence-corrected chi connectivity index (χ4v) is 3.31. The Kier molecular flexibility index (Phi) is 2.97. The van der Waals surface area contributed by atoms with Crippen molar-refractivity contribution < 1.29 is 4.39 Å². The van der Waals surface area contributed by atoms with E-state index in [1.807, 2.05) is 6.07 Å². The molecule has 0 unspecified atom stereocenters. The molecule has 0 aromatic heterocycles. The molecule has 0 spiro atoms. The predicted molar refractivity (Wildman–Crippen MR) is 73.9 cm³/mol. The summed E-state index contributed by atoms with van der Waals surface area (Å²) in [7, 11) is 0. The van der Waals surface area contributed by atoms with Crippen molar-refractivity contribution in [2.75, 3.05) is 0 Å². The molecule has 1 nitrogen and oxygen atoms in total. The molecule has 0 saturated carbocycles. The lowest BCUT2D eigenvalue weighted by Gasteiger charge is -2.11. The lowest BCUT2D eigenvalue weighted by molar-refractivity contribution is 0.624. The fraction of sp³-hybridized carbons (Fsp3) is 0.133. The number of nitriles is 1. The van der Waals surface area contributed by atoms with Crippen LogP contribution in [0.3, 0.4) is 0 Å². The topological polar surface area (TPSA) is 23.8 Å². The standard InChI is InChI=1S/C15H8Cl2FN/c16-8-5-13-10-2-1-9(18)7-12(10)11(3-4-19)15(13)14(17)6-8/h1-2,5-7,11H,3H2/t11-/m1/s1. The molecule has 94 valence electrons. The van der Waals surface area contributed by atoms with E-state index in [1.165, 1.54) is 12.1 Å². The molecule has 2 aromatic carbocycles. The van der Waals surface area contributed by atoms with E-state index in [-0.39, 0.29) is 18.2 Å². The van der Waals surface area contributed by atoms with Crippen molar-refractivity contribution in [1.29, 1.82) is 5.26 Å². The molecule has 3 rings (SSSR count). The molecule has 0 radical (unpaired) electrons. The summed E-state index contributed by atoms with van der Waals surface area (Å²) in [5.41, 5.74) is 3.47. The quantitative estimate of drug-likeness (QED) is 0.712. The third-order valence-corrected chi connectivity index (χ3v) is 3.95. The first-order valence-electron chi connectivity index (χ1n) is 5.77. The smallest absolute Gasteiger partial charge is 0.123 e. The molecule has 0 bridgehead atoms. The molecule has 0 saturated heterocycles. The Bertz CT molecular complexity index is 719. The van der Waals surface area contributed by atoms with Gasteiger partial charge in [-0.3, -0.25) is 0 Å². The first-order valence-corrected chi connectivity index (χ1v) is 6.53. The van der Waals surface area contributed by atoms with Gasteiger partial charge in [0.25, 0.3) is 0 Å². The highest BCUT2D eigenvalue weighted by molar-refractivity contribution is 6.36. The molecule has 1 atom stereocenters. The largest absolute Gasteiger partial charge is 0.207 e. The number of benzene rings is 2. The molecule has 19 heavy (non-hydrogen) atoms. The zero-order valence-electron chi connectivity index (χ0n) is 9.75. The third kappa shape index (κ3) is 1.90. The highest BCUT2D eigenvalue weighted by atomic mass is 35.5. The minimum atomic E-state index is -0.309. The minimum absolute atomic E-state index is 0.185. The minimum Gasteiger partial charge on any atom is -0.207 e. The second-order valence-electron chi connectivity index (χ2n) is 4.50. The summed E-state index contributed by atoms with van der Waals surface area (Å²) in [4.78, 5) is 0. The van der Waals surface area contributed by atoms with E-state index in [0.717, 1.165) is 22.3 Å². The van der Waals surface area contributed by atoms with Crippen molar-refractivity contribution in [3.63, 3.8) is 0 Å². The summed E-state index contributed by atoms with van der Waals surface area (Å²) in [6.07, 6.45) is 0.269. The summed E-state index contributed by atoms with van der Waals surface area (Å²) in [5.74, 6) is -0.493. The molecular formula is C15H8Cl2FN. The van der Waals surface area contributed by atoms with Crippen molar-refractivity contribution in [1.82, 2.24) is 0 Å². The van der Waals surface area contributed by atoms with Crippen LogP contribution in [0.1, 0.15) is 23.5 Å². The molecule has 2 aromatic rings. The SMILES string of the molecule is N#CC[C@@H]1c2cc(F)ccc2-c2cc(Cl)cc(Cl)c21. The predicted octanol–water partition coefficient (Wildman–Crippen LogP) is 5.16. The fourth-order valence-electron chi connectivity index (χ4n) is 2.69.